The number of rotatable bonds is 1. The number of carbonyl (C=O) groups is 1. The molecule has 0 fully saturated rings. The monoisotopic (exact) mass is 213 g/mol. The molecule has 1 heterocycles. The van der Waals surface area contributed by atoms with E-state index in [0.717, 1.165) is 19.0 Å². The summed E-state index contributed by atoms with van der Waals surface area (Å²) in [6.45, 7) is 12.5. The van der Waals surface area contributed by atoms with E-state index in [-0.39, 0.29) is 11.0 Å². The highest BCUT2D eigenvalue weighted by Gasteiger charge is 2.22. The molecule has 0 radical (unpaired) electrons. The fourth-order valence-corrected chi connectivity index (χ4v) is 0.789. The minimum atomic E-state index is -0.935. The van der Waals surface area contributed by atoms with Crippen LogP contribution < -0.4 is 0 Å². The molecule has 0 bridgehead atoms. The molecule has 0 atom stereocenters. The Hall–Kier alpha value is -1.32. The van der Waals surface area contributed by atoms with Crippen molar-refractivity contribution < 1.29 is 14.6 Å². The number of hydrogen-bond donors (Lipinski definition) is 1. The lowest BCUT2D eigenvalue weighted by Crippen LogP contribution is -2.20. The maximum absolute atomic E-state index is 9.60. The van der Waals surface area contributed by atoms with Crippen molar-refractivity contribution in [2.75, 3.05) is 13.2 Å². The van der Waals surface area contributed by atoms with Crippen LogP contribution in [-0.2, 0) is 9.53 Å². The molecule has 0 amide bonds. The van der Waals surface area contributed by atoms with E-state index in [9.17, 15) is 4.79 Å². The van der Waals surface area contributed by atoms with E-state index in [1.807, 2.05) is 0 Å². The molecule has 0 saturated heterocycles. The van der Waals surface area contributed by atoms with Crippen LogP contribution in [0.4, 0.5) is 0 Å². The van der Waals surface area contributed by atoms with Crippen molar-refractivity contribution in [2.24, 2.45) is 10.4 Å². The van der Waals surface area contributed by atoms with Gasteiger partial charge in [-0.2, -0.15) is 0 Å². The third-order valence-corrected chi connectivity index (χ3v) is 1.59. The maximum atomic E-state index is 9.60. The molecule has 4 heteroatoms. The van der Waals surface area contributed by atoms with Crippen molar-refractivity contribution in [3.05, 3.63) is 12.2 Å². The second-order valence-corrected chi connectivity index (χ2v) is 4.37. The number of aliphatic carboxylic acids is 1. The van der Waals surface area contributed by atoms with Gasteiger partial charge in [-0.15, -0.1) is 0 Å². The highest BCUT2D eigenvalue weighted by molar-refractivity contribution is 5.84. The molecule has 1 aliphatic rings. The molecule has 1 N–H and O–H groups in total. The van der Waals surface area contributed by atoms with Crippen LogP contribution in [-0.4, -0.2) is 30.1 Å². The Kier molecular flexibility index (Phi) is 5.05. The number of carboxylic acids is 1. The molecule has 1 rings (SSSR count). The summed E-state index contributed by atoms with van der Waals surface area (Å²) in [6, 6.07) is 0. The third kappa shape index (κ3) is 5.88. The summed E-state index contributed by atoms with van der Waals surface area (Å²) in [5.41, 5.74) is 0.284. The molecule has 0 aromatic rings. The molecule has 0 aromatic heterocycles. The van der Waals surface area contributed by atoms with Gasteiger partial charge in [-0.05, 0) is 6.92 Å². The molecule has 4 nitrogen and oxygen atoms in total. The Bertz CT molecular complexity index is 262. The Morgan fingerprint density at radius 2 is 2.00 bits per heavy atom. The predicted octanol–water partition coefficient (Wildman–Crippen LogP) is 2.11. The van der Waals surface area contributed by atoms with Crippen molar-refractivity contribution in [2.45, 2.75) is 27.7 Å². The van der Waals surface area contributed by atoms with E-state index in [2.05, 4.69) is 32.3 Å². The Labute approximate surface area is 90.7 Å². The Balaban J connectivity index is 0.000000288. The number of hydrogen-bond acceptors (Lipinski definition) is 3. The van der Waals surface area contributed by atoms with Gasteiger partial charge in [-0.1, -0.05) is 27.4 Å². The van der Waals surface area contributed by atoms with Gasteiger partial charge in [0.1, 0.15) is 6.61 Å². The zero-order valence-electron chi connectivity index (χ0n) is 9.83. The van der Waals surface area contributed by atoms with E-state index in [1.54, 1.807) is 0 Å². The zero-order chi connectivity index (χ0) is 12.1. The van der Waals surface area contributed by atoms with E-state index in [0.29, 0.717) is 0 Å². The lowest BCUT2D eigenvalue weighted by Gasteiger charge is -2.16. The molecule has 15 heavy (non-hydrogen) atoms. The van der Waals surface area contributed by atoms with Crippen LogP contribution in [0.1, 0.15) is 27.7 Å². The highest BCUT2D eigenvalue weighted by Crippen LogP contribution is 2.19. The van der Waals surface area contributed by atoms with E-state index < -0.39 is 5.97 Å². The zero-order valence-corrected chi connectivity index (χ0v) is 9.83. The average Bonchev–Trinajstić information content (AvgIpc) is 2.55. The van der Waals surface area contributed by atoms with Gasteiger partial charge < -0.3 is 9.84 Å². The summed E-state index contributed by atoms with van der Waals surface area (Å²) in [5, 5.41) is 7.89. The number of carboxylic acid groups (broad SMARTS) is 1. The molecule has 0 saturated carbocycles. The van der Waals surface area contributed by atoms with E-state index in [1.165, 1.54) is 6.92 Å². The number of ether oxygens (including phenoxy) is 1. The first-order valence-corrected chi connectivity index (χ1v) is 4.81. The maximum Gasteiger partial charge on any atom is 0.330 e. The fraction of sp³-hybridized carbons (Fsp3) is 0.636. The summed E-state index contributed by atoms with van der Waals surface area (Å²) >= 11 is 0. The van der Waals surface area contributed by atoms with Crippen LogP contribution in [0, 0.1) is 5.41 Å². The minimum Gasteiger partial charge on any atom is -0.479 e. The number of aliphatic imine (C=N–C) groups is 1. The summed E-state index contributed by atoms with van der Waals surface area (Å²) in [7, 11) is 0. The normalized spacial score (nSPS) is 14.5. The Morgan fingerprint density at radius 3 is 2.13 bits per heavy atom. The predicted molar refractivity (Wildman–Crippen MR) is 60.2 cm³/mol. The summed E-state index contributed by atoms with van der Waals surface area (Å²) in [5.74, 6) is -0.0301. The third-order valence-electron chi connectivity index (χ3n) is 1.59. The molecule has 0 spiro atoms. The van der Waals surface area contributed by atoms with Gasteiger partial charge in [0.2, 0.25) is 0 Å². The smallest absolute Gasteiger partial charge is 0.330 e. The van der Waals surface area contributed by atoms with Crippen LogP contribution in [0.3, 0.4) is 0 Å². The Morgan fingerprint density at radius 1 is 1.53 bits per heavy atom. The van der Waals surface area contributed by atoms with Gasteiger partial charge in [0.25, 0.3) is 0 Å². The first-order valence-electron chi connectivity index (χ1n) is 4.81. The standard InChI is InChI=1S/C7H13NO.C4H6O2/c1-7(2,3)6-8-4-5-9-6;1-3(2)4(5)6/h4-5H2,1-3H3;1H2,2H3,(H,5,6). The SMILES string of the molecule is C=C(C)C(=O)O.CC(C)(C)C1=NCCO1. The van der Waals surface area contributed by atoms with E-state index >= 15 is 0 Å². The van der Waals surface area contributed by atoms with Crippen molar-refractivity contribution >= 4 is 11.9 Å². The van der Waals surface area contributed by atoms with Crippen LogP contribution in [0.2, 0.25) is 0 Å². The summed E-state index contributed by atoms with van der Waals surface area (Å²) in [4.78, 5) is 13.8. The molecule has 86 valence electrons. The van der Waals surface area contributed by atoms with Crippen molar-refractivity contribution in [1.29, 1.82) is 0 Å². The first kappa shape index (κ1) is 13.7. The molecular formula is C11H19NO3. The second-order valence-electron chi connectivity index (χ2n) is 4.37. The minimum absolute atomic E-state index is 0.108. The van der Waals surface area contributed by atoms with E-state index in [4.69, 9.17) is 9.84 Å². The highest BCUT2D eigenvalue weighted by atomic mass is 16.5. The van der Waals surface area contributed by atoms with Crippen LogP contribution in [0.25, 0.3) is 0 Å². The first-order chi connectivity index (χ1) is 6.75. The van der Waals surface area contributed by atoms with Crippen LogP contribution >= 0.6 is 0 Å². The molecule has 0 aliphatic carbocycles. The van der Waals surface area contributed by atoms with Crippen molar-refractivity contribution in [3.8, 4) is 0 Å². The molecule has 0 unspecified atom stereocenters. The lowest BCUT2D eigenvalue weighted by atomic mass is 9.97. The fourth-order valence-electron chi connectivity index (χ4n) is 0.789. The van der Waals surface area contributed by atoms with Gasteiger partial charge in [0.05, 0.1) is 6.54 Å². The average molecular weight is 213 g/mol. The quantitative estimate of drug-likeness (QED) is 0.679. The lowest BCUT2D eigenvalue weighted by molar-refractivity contribution is -0.132. The van der Waals surface area contributed by atoms with Gasteiger partial charge in [-0.3, -0.25) is 4.99 Å². The van der Waals surface area contributed by atoms with Gasteiger partial charge in [0.15, 0.2) is 5.90 Å². The topological polar surface area (TPSA) is 58.9 Å². The number of nitrogens with zero attached hydrogens (tertiary/aromatic N) is 1. The van der Waals surface area contributed by atoms with Gasteiger partial charge in [-0.25, -0.2) is 4.79 Å². The summed E-state index contributed by atoms with van der Waals surface area (Å²) < 4.78 is 5.27. The molecule has 0 aromatic carbocycles. The second kappa shape index (κ2) is 5.53. The molecular weight excluding hydrogens is 194 g/mol. The van der Waals surface area contributed by atoms with Crippen LogP contribution in [0.5, 0.6) is 0 Å². The molecule has 1 aliphatic heterocycles. The summed E-state index contributed by atoms with van der Waals surface area (Å²) in [6.07, 6.45) is 0. The van der Waals surface area contributed by atoms with Crippen LogP contribution in [0.15, 0.2) is 17.1 Å². The van der Waals surface area contributed by atoms with Gasteiger partial charge >= 0.3 is 5.97 Å². The van der Waals surface area contributed by atoms with Gasteiger partial charge in [0, 0.05) is 11.0 Å². The largest absolute Gasteiger partial charge is 0.479 e. The van der Waals surface area contributed by atoms with Crippen molar-refractivity contribution in [1.82, 2.24) is 0 Å². The van der Waals surface area contributed by atoms with Crippen molar-refractivity contribution in [3.63, 3.8) is 0 Å².